The van der Waals surface area contributed by atoms with E-state index >= 15 is 0 Å². The number of hydrogen-bond acceptors (Lipinski definition) is 2. The highest BCUT2D eigenvalue weighted by molar-refractivity contribution is 4.75. The molecule has 2 nitrogen and oxygen atoms in total. The lowest BCUT2D eigenvalue weighted by Crippen LogP contribution is -2.42. The number of nitrogens with one attached hydrogen (secondary N) is 1. The predicted octanol–water partition coefficient (Wildman–Crippen LogP) is 2.34. The molecule has 1 aliphatic carbocycles. The Hall–Kier alpha value is -0.0800. The summed E-state index contributed by atoms with van der Waals surface area (Å²) >= 11 is 0. The van der Waals surface area contributed by atoms with Crippen LogP contribution in [0.5, 0.6) is 0 Å². The summed E-state index contributed by atoms with van der Waals surface area (Å²) in [5.41, 5.74) is 0. The third-order valence-electron chi connectivity index (χ3n) is 3.59. The van der Waals surface area contributed by atoms with E-state index in [4.69, 9.17) is 4.74 Å². The Morgan fingerprint density at radius 2 is 1.86 bits per heavy atom. The first-order valence-electron chi connectivity index (χ1n) is 6.26. The Morgan fingerprint density at radius 3 is 2.50 bits per heavy atom. The first-order chi connectivity index (χ1) is 6.95. The van der Waals surface area contributed by atoms with Crippen LogP contribution in [-0.2, 0) is 4.74 Å². The van der Waals surface area contributed by atoms with Crippen LogP contribution in [-0.4, -0.2) is 25.8 Å². The van der Waals surface area contributed by atoms with Crippen molar-refractivity contribution in [3.8, 4) is 0 Å². The molecule has 1 unspecified atom stereocenters. The highest BCUT2D eigenvalue weighted by atomic mass is 16.5. The molecule has 1 N–H and O–H groups in total. The molecule has 2 aliphatic rings. The molecule has 82 valence electrons. The lowest BCUT2D eigenvalue weighted by atomic mass is 9.92. The van der Waals surface area contributed by atoms with Crippen LogP contribution in [0.25, 0.3) is 0 Å². The van der Waals surface area contributed by atoms with Crippen LogP contribution < -0.4 is 5.32 Å². The van der Waals surface area contributed by atoms with Crippen molar-refractivity contribution in [2.24, 2.45) is 5.92 Å². The maximum Gasteiger partial charge on any atom is 0.0620 e. The minimum Gasteiger partial charge on any atom is -0.379 e. The standard InChI is InChI=1S/C12H23NO/c1-2-4-6-11(5-3-1)9-12-10-14-8-7-13-12/h11-13H,1-10H2. The van der Waals surface area contributed by atoms with Crippen molar-refractivity contribution >= 4 is 0 Å². The minimum absolute atomic E-state index is 0.645. The Balaban J connectivity index is 1.71. The van der Waals surface area contributed by atoms with Crippen molar-refractivity contribution in [2.45, 2.75) is 51.0 Å². The van der Waals surface area contributed by atoms with Gasteiger partial charge < -0.3 is 10.1 Å². The number of rotatable bonds is 2. The third kappa shape index (κ3) is 3.25. The number of ether oxygens (including phenoxy) is 1. The minimum atomic E-state index is 0.645. The van der Waals surface area contributed by atoms with Gasteiger partial charge in [-0.1, -0.05) is 38.5 Å². The topological polar surface area (TPSA) is 21.3 Å². The Bertz CT molecular complexity index is 146. The molecule has 0 aromatic rings. The molecule has 1 aliphatic heterocycles. The van der Waals surface area contributed by atoms with Gasteiger partial charge in [-0.2, -0.15) is 0 Å². The van der Waals surface area contributed by atoms with Gasteiger partial charge in [0.25, 0.3) is 0 Å². The fraction of sp³-hybridized carbons (Fsp3) is 1.00. The van der Waals surface area contributed by atoms with E-state index in [0.717, 1.165) is 25.7 Å². The maximum absolute atomic E-state index is 5.49. The molecule has 0 bridgehead atoms. The summed E-state index contributed by atoms with van der Waals surface area (Å²) in [5, 5.41) is 3.56. The van der Waals surface area contributed by atoms with Crippen LogP contribution in [0, 0.1) is 5.92 Å². The van der Waals surface area contributed by atoms with E-state index in [0.29, 0.717) is 6.04 Å². The van der Waals surface area contributed by atoms with E-state index in [2.05, 4.69) is 5.32 Å². The molecule has 1 saturated heterocycles. The number of morpholine rings is 1. The summed E-state index contributed by atoms with van der Waals surface area (Å²) in [6, 6.07) is 0.645. The van der Waals surface area contributed by atoms with Gasteiger partial charge in [-0.05, 0) is 12.3 Å². The molecule has 0 amide bonds. The maximum atomic E-state index is 5.49. The summed E-state index contributed by atoms with van der Waals surface area (Å²) in [4.78, 5) is 0. The van der Waals surface area contributed by atoms with Crippen LogP contribution in [0.2, 0.25) is 0 Å². The Morgan fingerprint density at radius 1 is 1.07 bits per heavy atom. The fourth-order valence-electron chi connectivity index (χ4n) is 2.77. The van der Waals surface area contributed by atoms with Gasteiger partial charge in [0, 0.05) is 12.6 Å². The van der Waals surface area contributed by atoms with Gasteiger partial charge in [0.2, 0.25) is 0 Å². The molecule has 14 heavy (non-hydrogen) atoms. The van der Waals surface area contributed by atoms with Crippen molar-refractivity contribution in [3.63, 3.8) is 0 Å². The normalized spacial score (nSPS) is 31.3. The van der Waals surface area contributed by atoms with E-state index in [1.165, 1.54) is 44.9 Å². The van der Waals surface area contributed by atoms with E-state index in [9.17, 15) is 0 Å². The quantitative estimate of drug-likeness (QED) is 0.686. The van der Waals surface area contributed by atoms with Crippen molar-refractivity contribution in [2.75, 3.05) is 19.8 Å². The highest BCUT2D eigenvalue weighted by Gasteiger charge is 2.19. The Labute approximate surface area is 87.4 Å². The van der Waals surface area contributed by atoms with Crippen molar-refractivity contribution in [3.05, 3.63) is 0 Å². The van der Waals surface area contributed by atoms with Crippen LogP contribution in [0.1, 0.15) is 44.9 Å². The summed E-state index contributed by atoms with van der Waals surface area (Å²) in [6.07, 6.45) is 10.1. The predicted molar refractivity (Wildman–Crippen MR) is 58.4 cm³/mol. The van der Waals surface area contributed by atoms with E-state index in [1.54, 1.807) is 0 Å². The second-order valence-corrected chi connectivity index (χ2v) is 4.82. The molecule has 0 aromatic heterocycles. The van der Waals surface area contributed by atoms with Crippen LogP contribution in [0.15, 0.2) is 0 Å². The third-order valence-corrected chi connectivity index (χ3v) is 3.59. The molecule has 1 saturated carbocycles. The fourth-order valence-corrected chi connectivity index (χ4v) is 2.77. The Kier molecular flexibility index (Phi) is 4.26. The lowest BCUT2D eigenvalue weighted by molar-refractivity contribution is 0.0675. The van der Waals surface area contributed by atoms with Crippen molar-refractivity contribution in [1.29, 1.82) is 0 Å². The molecule has 0 spiro atoms. The van der Waals surface area contributed by atoms with Gasteiger partial charge in [-0.3, -0.25) is 0 Å². The van der Waals surface area contributed by atoms with Crippen LogP contribution >= 0.6 is 0 Å². The van der Waals surface area contributed by atoms with Crippen LogP contribution in [0.4, 0.5) is 0 Å². The van der Waals surface area contributed by atoms with E-state index in [1.807, 2.05) is 0 Å². The first-order valence-corrected chi connectivity index (χ1v) is 6.26. The lowest BCUT2D eigenvalue weighted by Gasteiger charge is -2.27. The molecule has 1 atom stereocenters. The summed E-state index contributed by atoms with van der Waals surface area (Å²) in [6.45, 7) is 2.90. The molecular formula is C12H23NO. The first kappa shape index (κ1) is 10.4. The smallest absolute Gasteiger partial charge is 0.0620 e. The van der Waals surface area contributed by atoms with Gasteiger partial charge in [0.1, 0.15) is 0 Å². The molecular weight excluding hydrogens is 174 g/mol. The molecule has 2 fully saturated rings. The van der Waals surface area contributed by atoms with Crippen molar-refractivity contribution < 1.29 is 4.74 Å². The zero-order chi connectivity index (χ0) is 9.64. The van der Waals surface area contributed by atoms with Gasteiger partial charge >= 0.3 is 0 Å². The van der Waals surface area contributed by atoms with E-state index < -0.39 is 0 Å². The molecule has 1 heterocycles. The van der Waals surface area contributed by atoms with Gasteiger partial charge in [0.05, 0.1) is 13.2 Å². The summed E-state index contributed by atoms with van der Waals surface area (Å²) in [5.74, 6) is 0.969. The van der Waals surface area contributed by atoms with Crippen molar-refractivity contribution in [1.82, 2.24) is 5.32 Å². The summed E-state index contributed by atoms with van der Waals surface area (Å²) < 4.78 is 5.49. The monoisotopic (exact) mass is 197 g/mol. The second-order valence-electron chi connectivity index (χ2n) is 4.82. The van der Waals surface area contributed by atoms with Gasteiger partial charge in [-0.15, -0.1) is 0 Å². The molecule has 2 heteroatoms. The number of hydrogen-bond donors (Lipinski definition) is 1. The molecule has 0 aromatic carbocycles. The van der Waals surface area contributed by atoms with Gasteiger partial charge in [0.15, 0.2) is 0 Å². The van der Waals surface area contributed by atoms with E-state index in [-0.39, 0.29) is 0 Å². The SMILES string of the molecule is C1CCCC(CC2COCCN2)CC1. The van der Waals surface area contributed by atoms with Crippen LogP contribution in [0.3, 0.4) is 0 Å². The molecule has 0 radical (unpaired) electrons. The zero-order valence-corrected chi connectivity index (χ0v) is 9.13. The average Bonchev–Trinajstić information content (AvgIpc) is 2.48. The zero-order valence-electron chi connectivity index (χ0n) is 9.13. The molecule has 2 rings (SSSR count). The average molecular weight is 197 g/mol. The van der Waals surface area contributed by atoms with Gasteiger partial charge in [-0.25, -0.2) is 0 Å². The summed E-state index contributed by atoms with van der Waals surface area (Å²) in [7, 11) is 0. The highest BCUT2D eigenvalue weighted by Crippen LogP contribution is 2.26. The largest absolute Gasteiger partial charge is 0.379 e. The second kappa shape index (κ2) is 5.72.